The van der Waals surface area contributed by atoms with E-state index in [9.17, 15) is 9.59 Å². The van der Waals surface area contributed by atoms with Crippen molar-refractivity contribution in [2.45, 2.75) is 26.9 Å². The van der Waals surface area contributed by atoms with Gasteiger partial charge in [-0.05, 0) is 20.8 Å². The standard InChI is InChI=1S/C15H20O6S/c1-11(2)20-14(17)15(3,10-19-22-21-18-4)13(16)12-8-6-5-7-9-12/h5-9,11H,10H2,1-4H3. The molecule has 1 unspecified atom stereocenters. The highest BCUT2D eigenvalue weighted by Gasteiger charge is 2.44. The first kappa shape index (κ1) is 18.6. The van der Waals surface area contributed by atoms with Crippen LogP contribution in [-0.4, -0.2) is 31.6 Å². The summed E-state index contributed by atoms with van der Waals surface area (Å²) in [5.74, 6) is -1.02. The van der Waals surface area contributed by atoms with Crippen molar-refractivity contribution in [3.8, 4) is 0 Å². The van der Waals surface area contributed by atoms with E-state index in [-0.39, 0.29) is 18.5 Å². The van der Waals surface area contributed by atoms with Crippen molar-refractivity contribution >= 4 is 24.1 Å². The third-order valence-electron chi connectivity index (χ3n) is 2.82. The maximum atomic E-state index is 12.7. The van der Waals surface area contributed by atoms with E-state index >= 15 is 0 Å². The minimum atomic E-state index is -1.48. The van der Waals surface area contributed by atoms with Crippen LogP contribution in [0.25, 0.3) is 0 Å². The second-order valence-electron chi connectivity index (χ2n) is 5.05. The van der Waals surface area contributed by atoms with Crippen molar-refractivity contribution in [1.82, 2.24) is 0 Å². The van der Waals surface area contributed by atoms with Crippen molar-refractivity contribution in [1.29, 1.82) is 0 Å². The highest BCUT2D eigenvalue weighted by molar-refractivity contribution is 7.89. The van der Waals surface area contributed by atoms with E-state index in [4.69, 9.17) is 8.92 Å². The van der Waals surface area contributed by atoms with Crippen LogP contribution in [0.3, 0.4) is 0 Å². The SMILES string of the molecule is COOSOCC(C)(C(=O)OC(C)C)C(=O)c1ccccc1. The minimum absolute atomic E-state index is 0.208. The predicted molar refractivity (Wildman–Crippen MR) is 81.7 cm³/mol. The number of carbonyl (C=O) groups is 2. The molecule has 1 aromatic carbocycles. The second-order valence-corrected chi connectivity index (χ2v) is 5.55. The number of ether oxygens (including phenoxy) is 1. The summed E-state index contributed by atoms with van der Waals surface area (Å²) in [6.45, 7) is 4.71. The van der Waals surface area contributed by atoms with E-state index in [1.807, 2.05) is 0 Å². The van der Waals surface area contributed by atoms with Gasteiger partial charge in [0.2, 0.25) is 0 Å². The van der Waals surface area contributed by atoms with Gasteiger partial charge in [0.15, 0.2) is 23.5 Å². The van der Waals surface area contributed by atoms with Gasteiger partial charge in [-0.25, -0.2) is 4.89 Å². The number of rotatable bonds is 9. The first-order valence-electron chi connectivity index (χ1n) is 6.71. The van der Waals surface area contributed by atoms with Crippen LogP contribution in [0, 0.1) is 5.41 Å². The fourth-order valence-electron chi connectivity index (χ4n) is 1.66. The molecule has 0 amide bonds. The first-order valence-corrected chi connectivity index (χ1v) is 7.38. The van der Waals surface area contributed by atoms with Crippen LogP contribution >= 0.6 is 12.3 Å². The van der Waals surface area contributed by atoms with E-state index in [0.29, 0.717) is 17.9 Å². The number of Topliss-reactive ketones (excluding diaryl/α,β-unsaturated/α-hetero) is 1. The molecule has 0 aliphatic carbocycles. The summed E-state index contributed by atoms with van der Waals surface area (Å²) in [4.78, 5) is 29.4. The summed E-state index contributed by atoms with van der Waals surface area (Å²) >= 11 is 0.547. The van der Waals surface area contributed by atoms with Gasteiger partial charge in [-0.3, -0.25) is 13.8 Å². The van der Waals surface area contributed by atoms with Crippen molar-refractivity contribution in [3.05, 3.63) is 35.9 Å². The van der Waals surface area contributed by atoms with Crippen molar-refractivity contribution < 1.29 is 27.7 Å². The zero-order valence-electron chi connectivity index (χ0n) is 13.0. The fourth-order valence-corrected chi connectivity index (χ4v) is 2.04. The summed E-state index contributed by atoms with van der Waals surface area (Å²) in [5, 5.41) is 0. The minimum Gasteiger partial charge on any atom is -0.462 e. The topological polar surface area (TPSA) is 71.1 Å². The number of ketones is 1. The van der Waals surface area contributed by atoms with Crippen LogP contribution in [0.1, 0.15) is 31.1 Å². The Labute approximate surface area is 134 Å². The lowest BCUT2D eigenvalue weighted by Crippen LogP contribution is -2.42. The molecule has 0 bridgehead atoms. The summed E-state index contributed by atoms with van der Waals surface area (Å²) in [7, 11) is 1.32. The molecule has 0 aliphatic heterocycles. The van der Waals surface area contributed by atoms with Crippen LogP contribution in [0.4, 0.5) is 0 Å². The molecule has 6 nitrogen and oxygen atoms in total. The number of hydrogen-bond donors (Lipinski definition) is 0. The molecule has 0 radical (unpaired) electrons. The molecule has 22 heavy (non-hydrogen) atoms. The van der Waals surface area contributed by atoms with Crippen LogP contribution in [0.15, 0.2) is 30.3 Å². The monoisotopic (exact) mass is 328 g/mol. The summed E-state index contributed by atoms with van der Waals surface area (Å²) in [6.07, 6.45) is -0.335. The molecule has 1 rings (SSSR count). The lowest BCUT2D eigenvalue weighted by molar-refractivity contribution is -0.169. The summed E-state index contributed by atoms with van der Waals surface area (Å²) < 4.78 is 14.8. The van der Waals surface area contributed by atoms with Crippen LogP contribution in [0.2, 0.25) is 0 Å². The molecule has 122 valence electrons. The largest absolute Gasteiger partial charge is 0.462 e. The third kappa shape index (κ3) is 5.10. The van der Waals surface area contributed by atoms with Gasteiger partial charge in [0.25, 0.3) is 0 Å². The number of carbonyl (C=O) groups excluding carboxylic acids is 2. The van der Waals surface area contributed by atoms with Crippen molar-refractivity contribution in [2.75, 3.05) is 13.7 Å². The average Bonchev–Trinajstić information content (AvgIpc) is 2.50. The van der Waals surface area contributed by atoms with Gasteiger partial charge < -0.3 is 4.74 Å². The molecular formula is C15H20O6S. The lowest BCUT2D eigenvalue weighted by atomic mass is 9.83. The van der Waals surface area contributed by atoms with Crippen LogP contribution < -0.4 is 0 Å². The Morgan fingerprint density at radius 3 is 2.41 bits per heavy atom. The zero-order valence-corrected chi connectivity index (χ0v) is 13.8. The molecule has 1 aromatic rings. The van der Waals surface area contributed by atoms with Gasteiger partial charge in [0, 0.05) is 5.56 Å². The van der Waals surface area contributed by atoms with Gasteiger partial charge in [0.05, 0.1) is 19.8 Å². The number of esters is 1. The molecule has 1 atom stereocenters. The molecule has 0 aliphatic rings. The lowest BCUT2D eigenvalue weighted by Gasteiger charge is -2.26. The molecular weight excluding hydrogens is 308 g/mol. The van der Waals surface area contributed by atoms with E-state index in [1.165, 1.54) is 14.0 Å². The van der Waals surface area contributed by atoms with E-state index in [0.717, 1.165) is 0 Å². The zero-order chi connectivity index (χ0) is 16.6. The van der Waals surface area contributed by atoms with Crippen LogP contribution in [0.5, 0.6) is 0 Å². The number of hydrogen-bond acceptors (Lipinski definition) is 7. The van der Waals surface area contributed by atoms with Gasteiger partial charge in [-0.1, -0.05) is 30.3 Å². The van der Waals surface area contributed by atoms with E-state index < -0.39 is 11.4 Å². The molecule has 0 heterocycles. The Hall–Kier alpha value is -1.41. The van der Waals surface area contributed by atoms with Gasteiger partial charge in [0.1, 0.15) is 0 Å². The van der Waals surface area contributed by atoms with E-state index in [2.05, 4.69) is 9.22 Å². The Morgan fingerprint density at radius 1 is 1.23 bits per heavy atom. The molecule has 0 saturated heterocycles. The Kier molecular flexibility index (Phi) is 7.53. The van der Waals surface area contributed by atoms with Crippen molar-refractivity contribution in [2.24, 2.45) is 5.41 Å². The maximum Gasteiger partial charge on any atom is 0.322 e. The smallest absolute Gasteiger partial charge is 0.322 e. The van der Waals surface area contributed by atoms with E-state index in [1.54, 1.807) is 44.2 Å². The van der Waals surface area contributed by atoms with Gasteiger partial charge in [-0.2, -0.15) is 0 Å². The molecule has 0 saturated carbocycles. The fraction of sp³-hybridized carbons (Fsp3) is 0.467. The Bertz CT molecular complexity index is 490. The summed E-state index contributed by atoms with van der Waals surface area (Å²) in [6, 6.07) is 8.53. The van der Waals surface area contributed by atoms with Gasteiger partial charge >= 0.3 is 5.97 Å². The molecule has 0 aromatic heterocycles. The summed E-state index contributed by atoms with van der Waals surface area (Å²) in [5.41, 5.74) is -1.07. The third-order valence-corrected chi connectivity index (χ3v) is 3.23. The normalized spacial score (nSPS) is 13.7. The predicted octanol–water partition coefficient (Wildman–Crippen LogP) is 2.99. The number of benzene rings is 1. The molecule has 0 fully saturated rings. The Morgan fingerprint density at radius 2 is 1.86 bits per heavy atom. The second kappa shape index (κ2) is 8.89. The first-order chi connectivity index (χ1) is 10.4. The quantitative estimate of drug-likeness (QED) is 0.131. The molecule has 0 N–H and O–H groups in total. The highest BCUT2D eigenvalue weighted by atomic mass is 32.2. The average molecular weight is 328 g/mol. The van der Waals surface area contributed by atoms with Gasteiger partial charge in [-0.15, -0.1) is 4.33 Å². The maximum absolute atomic E-state index is 12.7. The highest BCUT2D eigenvalue weighted by Crippen LogP contribution is 2.27. The van der Waals surface area contributed by atoms with Crippen LogP contribution in [-0.2, 0) is 22.9 Å². The molecule has 7 heteroatoms. The Balaban J connectivity index is 2.94. The molecule has 0 spiro atoms. The van der Waals surface area contributed by atoms with Crippen molar-refractivity contribution in [3.63, 3.8) is 0 Å².